The summed E-state index contributed by atoms with van der Waals surface area (Å²) in [5, 5.41) is 6.80. The Labute approximate surface area is 203 Å². The first kappa shape index (κ1) is 22.2. The van der Waals surface area contributed by atoms with Crippen molar-refractivity contribution in [3.05, 3.63) is 78.1 Å². The van der Waals surface area contributed by atoms with Crippen molar-refractivity contribution < 1.29 is 13.0 Å². The summed E-state index contributed by atoms with van der Waals surface area (Å²) in [4.78, 5) is 16.8. The van der Waals surface area contributed by atoms with Crippen molar-refractivity contribution in [1.29, 1.82) is 0 Å². The van der Waals surface area contributed by atoms with E-state index in [0.29, 0.717) is 5.69 Å². The zero-order chi connectivity index (χ0) is 23.7. The van der Waals surface area contributed by atoms with Crippen LogP contribution in [-0.2, 0) is 10.1 Å². The number of hydrogen-bond donors (Lipinski definition) is 3. The first-order valence-corrected chi connectivity index (χ1v) is 12.5. The molecule has 0 radical (unpaired) electrons. The predicted octanol–water partition coefficient (Wildman–Crippen LogP) is 5.54. The van der Waals surface area contributed by atoms with E-state index in [2.05, 4.69) is 30.6 Å². The molecule has 5 aromatic rings. The quantitative estimate of drug-likeness (QED) is 0.252. The standard InChI is InChI=1S/C22H15ClN6O3S2/c23-20-27-21(29-22(28-20)25-15-4-3-5-16(12-15)34(30,31)32)24-14-10-8-13(9-11-14)19-26-17-6-1-2-7-18(17)33-19/h1-12H,(H,30,31,32)(H2,24,25,27,28,29). The van der Waals surface area contributed by atoms with Gasteiger partial charge in [-0.05, 0) is 66.2 Å². The smallest absolute Gasteiger partial charge is 0.294 e. The molecule has 0 aliphatic rings. The van der Waals surface area contributed by atoms with E-state index >= 15 is 0 Å². The maximum atomic E-state index is 11.4. The van der Waals surface area contributed by atoms with E-state index in [9.17, 15) is 13.0 Å². The molecule has 0 amide bonds. The number of aromatic nitrogens is 4. The molecule has 2 heterocycles. The minimum atomic E-state index is -4.34. The molecule has 2 aromatic heterocycles. The lowest BCUT2D eigenvalue weighted by molar-refractivity contribution is 0.483. The SMILES string of the molecule is O=S(=O)(O)c1cccc(Nc2nc(Cl)nc(Nc3ccc(-c4nc5ccccc5s4)cc3)n2)c1. The Balaban J connectivity index is 1.35. The number of para-hydroxylation sites is 1. The van der Waals surface area contributed by atoms with Gasteiger partial charge in [0.1, 0.15) is 5.01 Å². The van der Waals surface area contributed by atoms with Crippen LogP contribution < -0.4 is 10.6 Å². The highest BCUT2D eigenvalue weighted by atomic mass is 35.5. The molecular formula is C22H15ClN6O3S2. The van der Waals surface area contributed by atoms with Crippen LogP contribution in [0.3, 0.4) is 0 Å². The maximum absolute atomic E-state index is 11.4. The zero-order valence-electron chi connectivity index (χ0n) is 17.2. The summed E-state index contributed by atoms with van der Waals surface area (Å²) in [5.41, 5.74) is 3.03. The van der Waals surface area contributed by atoms with Gasteiger partial charge in [0.05, 0.1) is 15.1 Å². The van der Waals surface area contributed by atoms with Crippen molar-refractivity contribution in [3.63, 3.8) is 0 Å². The Bertz CT molecular complexity index is 1570. The van der Waals surface area contributed by atoms with E-state index in [0.717, 1.165) is 26.5 Å². The van der Waals surface area contributed by atoms with Crippen molar-refractivity contribution in [2.45, 2.75) is 4.90 Å². The zero-order valence-corrected chi connectivity index (χ0v) is 19.6. The molecule has 3 aromatic carbocycles. The minimum absolute atomic E-state index is 0.0583. The highest BCUT2D eigenvalue weighted by Crippen LogP contribution is 2.31. The Kier molecular flexibility index (Phi) is 5.84. The van der Waals surface area contributed by atoms with Gasteiger partial charge in [-0.15, -0.1) is 11.3 Å². The molecule has 0 aliphatic carbocycles. The summed E-state index contributed by atoms with van der Waals surface area (Å²) in [6.07, 6.45) is 0. The molecule has 0 unspecified atom stereocenters. The number of anilines is 4. The molecule has 170 valence electrons. The van der Waals surface area contributed by atoms with Crippen LogP contribution in [0.2, 0.25) is 5.28 Å². The molecule has 9 nitrogen and oxygen atoms in total. The van der Waals surface area contributed by atoms with Crippen LogP contribution in [0.1, 0.15) is 0 Å². The third-order valence-corrected chi connectivity index (χ3v) is 6.78. The average Bonchev–Trinajstić information content (AvgIpc) is 3.23. The topological polar surface area (TPSA) is 130 Å². The lowest BCUT2D eigenvalue weighted by atomic mass is 10.2. The van der Waals surface area contributed by atoms with Gasteiger partial charge in [-0.25, -0.2) is 4.98 Å². The van der Waals surface area contributed by atoms with Gasteiger partial charge in [0.25, 0.3) is 10.1 Å². The van der Waals surface area contributed by atoms with Gasteiger partial charge in [-0.1, -0.05) is 18.2 Å². The fourth-order valence-corrected chi connectivity index (χ4v) is 4.80. The normalized spacial score (nSPS) is 11.5. The van der Waals surface area contributed by atoms with Crippen molar-refractivity contribution in [1.82, 2.24) is 19.9 Å². The summed E-state index contributed by atoms with van der Waals surface area (Å²) in [5.74, 6) is 0.294. The Morgan fingerprint density at radius 1 is 0.794 bits per heavy atom. The Hall–Kier alpha value is -3.64. The van der Waals surface area contributed by atoms with Crippen LogP contribution in [0.25, 0.3) is 20.8 Å². The number of nitrogens with one attached hydrogen (secondary N) is 2. The number of benzene rings is 3. The van der Waals surface area contributed by atoms with Crippen LogP contribution in [0.15, 0.2) is 77.7 Å². The van der Waals surface area contributed by atoms with Crippen molar-refractivity contribution in [2.75, 3.05) is 10.6 Å². The molecule has 5 rings (SSSR count). The Morgan fingerprint density at radius 2 is 1.50 bits per heavy atom. The van der Waals surface area contributed by atoms with Crippen molar-refractivity contribution in [2.24, 2.45) is 0 Å². The van der Waals surface area contributed by atoms with E-state index in [1.54, 1.807) is 17.4 Å². The van der Waals surface area contributed by atoms with Crippen LogP contribution in [-0.4, -0.2) is 32.9 Å². The van der Waals surface area contributed by atoms with Gasteiger partial charge in [0, 0.05) is 16.9 Å². The maximum Gasteiger partial charge on any atom is 0.294 e. The molecule has 0 saturated carbocycles. The third kappa shape index (κ3) is 4.97. The van der Waals surface area contributed by atoms with Crippen LogP contribution in [0.5, 0.6) is 0 Å². The molecule has 0 atom stereocenters. The largest absolute Gasteiger partial charge is 0.324 e. The summed E-state index contributed by atoms with van der Waals surface area (Å²) < 4.78 is 33.1. The number of nitrogens with zero attached hydrogens (tertiary/aromatic N) is 4. The number of rotatable bonds is 6. The molecule has 3 N–H and O–H groups in total. The summed E-state index contributed by atoms with van der Waals surface area (Å²) in [6, 6.07) is 21.2. The van der Waals surface area contributed by atoms with E-state index in [1.165, 1.54) is 18.2 Å². The monoisotopic (exact) mass is 510 g/mol. The first-order chi connectivity index (χ1) is 16.3. The third-order valence-electron chi connectivity index (χ3n) is 4.68. The van der Waals surface area contributed by atoms with Gasteiger partial charge in [0.2, 0.25) is 17.2 Å². The van der Waals surface area contributed by atoms with E-state index in [1.807, 2.05) is 48.5 Å². The highest BCUT2D eigenvalue weighted by Gasteiger charge is 2.12. The van der Waals surface area contributed by atoms with Crippen molar-refractivity contribution in [3.8, 4) is 10.6 Å². The number of halogens is 1. The molecule has 12 heteroatoms. The van der Waals surface area contributed by atoms with Gasteiger partial charge in [-0.2, -0.15) is 23.4 Å². The van der Waals surface area contributed by atoms with E-state index < -0.39 is 10.1 Å². The van der Waals surface area contributed by atoms with Gasteiger partial charge >= 0.3 is 0 Å². The predicted molar refractivity (Wildman–Crippen MR) is 133 cm³/mol. The number of fused-ring (bicyclic) bond motifs is 1. The molecular weight excluding hydrogens is 496 g/mol. The molecule has 0 aliphatic heterocycles. The fourth-order valence-electron chi connectivity index (χ4n) is 3.15. The van der Waals surface area contributed by atoms with Gasteiger partial charge in [0.15, 0.2) is 0 Å². The molecule has 0 fully saturated rings. The average molecular weight is 511 g/mol. The lowest BCUT2D eigenvalue weighted by Gasteiger charge is -2.09. The molecule has 0 bridgehead atoms. The van der Waals surface area contributed by atoms with Gasteiger partial charge in [-0.3, -0.25) is 4.55 Å². The van der Waals surface area contributed by atoms with Crippen LogP contribution >= 0.6 is 22.9 Å². The molecule has 0 saturated heterocycles. The summed E-state index contributed by atoms with van der Waals surface area (Å²) in [6.45, 7) is 0. The van der Waals surface area contributed by atoms with E-state index in [-0.39, 0.29) is 22.1 Å². The second-order valence-electron chi connectivity index (χ2n) is 7.07. The molecule has 0 spiro atoms. The summed E-state index contributed by atoms with van der Waals surface area (Å²) >= 11 is 7.67. The first-order valence-electron chi connectivity index (χ1n) is 9.83. The van der Waals surface area contributed by atoms with Crippen molar-refractivity contribution >= 4 is 66.5 Å². The second kappa shape index (κ2) is 8.95. The number of thiazole rings is 1. The van der Waals surface area contributed by atoms with Crippen LogP contribution in [0.4, 0.5) is 23.3 Å². The number of hydrogen-bond acceptors (Lipinski definition) is 9. The second-order valence-corrected chi connectivity index (χ2v) is 9.86. The van der Waals surface area contributed by atoms with E-state index in [4.69, 9.17) is 11.6 Å². The fraction of sp³-hybridized carbons (Fsp3) is 0. The Morgan fingerprint density at radius 3 is 2.21 bits per heavy atom. The summed E-state index contributed by atoms with van der Waals surface area (Å²) in [7, 11) is -4.34. The minimum Gasteiger partial charge on any atom is -0.324 e. The molecule has 34 heavy (non-hydrogen) atoms. The van der Waals surface area contributed by atoms with Gasteiger partial charge < -0.3 is 10.6 Å². The highest BCUT2D eigenvalue weighted by molar-refractivity contribution is 7.85. The van der Waals surface area contributed by atoms with Crippen LogP contribution in [0, 0.1) is 0 Å². The lowest BCUT2D eigenvalue weighted by Crippen LogP contribution is -2.05.